The highest BCUT2D eigenvalue weighted by atomic mass is 33.1. The number of ether oxygens (including phenoxy) is 1. The lowest BCUT2D eigenvalue weighted by atomic mass is 10.4. The van der Waals surface area contributed by atoms with Crippen molar-refractivity contribution >= 4 is 21.6 Å². The van der Waals surface area contributed by atoms with Gasteiger partial charge in [0.2, 0.25) is 0 Å². The van der Waals surface area contributed by atoms with Crippen molar-refractivity contribution in [2.75, 3.05) is 12.9 Å². The fourth-order valence-corrected chi connectivity index (χ4v) is 2.67. The van der Waals surface area contributed by atoms with Crippen molar-refractivity contribution in [3.05, 3.63) is 36.7 Å². The van der Waals surface area contributed by atoms with Crippen molar-refractivity contribution in [3.63, 3.8) is 0 Å². The number of aromatic nitrogens is 1. The van der Waals surface area contributed by atoms with Gasteiger partial charge in [0, 0.05) is 18.4 Å². The molecule has 0 aliphatic heterocycles. The Bertz CT molecular complexity index is 277. The van der Waals surface area contributed by atoms with Crippen LogP contribution in [-0.2, 0) is 4.74 Å². The highest BCUT2D eigenvalue weighted by Gasteiger charge is 1.96. The molecular formula is C10H13NOS2. The van der Waals surface area contributed by atoms with Crippen LogP contribution in [0.4, 0.5) is 0 Å². The summed E-state index contributed by atoms with van der Waals surface area (Å²) in [6.07, 6.45) is 2.69. The first-order valence-electron chi connectivity index (χ1n) is 4.25. The van der Waals surface area contributed by atoms with Gasteiger partial charge in [0.1, 0.15) is 5.03 Å². The van der Waals surface area contributed by atoms with Crippen LogP contribution >= 0.6 is 21.6 Å². The summed E-state index contributed by atoms with van der Waals surface area (Å²) in [6, 6.07) is 5.91. The van der Waals surface area contributed by atoms with Gasteiger partial charge in [0.25, 0.3) is 0 Å². The van der Waals surface area contributed by atoms with Crippen LogP contribution in [0, 0.1) is 0 Å². The molecule has 0 amide bonds. The van der Waals surface area contributed by atoms with E-state index < -0.39 is 0 Å². The normalized spacial score (nSPS) is 9.79. The fraction of sp³-hybridized carbons (Fsp3) is 0.300. The molecule has 0 aliphatic rings. The summed E-state index contributed by atoms with van der Waals surface area (Å²) in [6.45, 7) is 3.76. The third-order valence-corrected chi connectivity index (χ3v) is 3.80. The van der Waals surface area contributed by atoms with Crippen LogP contribution in [0.2, 0.25) is 0 Å². The quantitative estimate of drug-likeness (QED) is 0.422. The molecule has 0 unspecified atom stereocenters. The van der Waals surface area contributed by atoms with E-state index in [2.05, 4.69) is 11.6 Å². The highest BCUT2D eigenvalue weighted by Crippen LogP contribution is 2.29. The zero-order valence-electron chi connectivity index (χ0n) is 8.10. The van der Waals surface area contributed by atoms with Gasteiger partial charge in [-0.05, 0) is 22.9 Å². The molecule has 0 atom stereocenters. The first-order valence-corrected chi connectivity index (χ1v) is 6.57. The summed E-state index contributed by atoms with van der Waals surface area (Å²) in [5.41, 5.74) is 0. The Morgan fingerprint density at radius 3 is 3.07 bits per heavy atom. The SMILES string of the molecule is C=C(CCSSc1ccccn1)OC. The summed E-state index contributed by atoms with van der Waals surface area (Å²) >= 11 is 0. The summed E-state index contributed by atoms with van der Waals surface area (Å²) in [7, 11) is 5.10. The predicted molar refractivity (Wildman–Crippen MR) is 63.3 cm³/mol. The van der Waals surface area contributed by atoms with E-state index in [1.807, 2.05) is 18.2 Å². The molecule has 0 saturated heterocycles. The van der Waals surface area contributed by atoms with Gasteiger partial charge in [-0.3, -0.25) is 0 Å². The Labute approximate surface area is 92.5 Å². The zero-order valence-corrected chi connectivity index (χ0v) is 9.74. The maximum absolute atomic E-state index is 4.97. The number of allylic oxidation sites excluding steroid dienone is 1. The standard InChI is InChI=1S/C10H13NOS2/c1-9(12-2)6-8-13-14-10-5-3-4-7-11-10/h3-5,7H,1,6,8H2,2H3. The lowest BCUT2D eigenvalue weighted by molar-refractivity contribution is 0.283. The van der Waals surface area contributed by atoms with Crippen LogP contribution in [0.1, 0.15) is 6.42 Å². The number of methoxy groups -OCH3 is 1. The Hall–Kier alpha value is -0.610. The molecule has 0 fully saturated rings. The summed E-state index contributed by atoms with van der Waals surface area (Å²) in [5, 5.41) is 1.04. The maximum Gasteiger partial charge on any atom is 0.106 e. The Morgan fingerprint density at radius 1 is 1.57 bits per heavy atom. The Balaban J connectivity index is 2.13. The van der Waals surface area contributed by atoms with Gasteiger partial charge >= 0.3 is 0 Å². The predicted octanol–water partition coefficient (Wildman–Crippen LogP) is 3.37. The summed E-state index contributed by atoms with van der Waals surface area (Å²) < 4.78 is 4.97. The van der Waals surface area contributed by atoms with E-state index in [-0.39, 0.29) is 0 Å². The van der Waals surface area contributed by atoms with Crippen molar-refractivity contribution in [2.45, 2.75) is 11.4 Å². The number of rotatable bonds is 6. The fourth-order valence-electron chi connectivity index (χ4n) is 0.756. The molecular weight excluding hydrogens is 214 g/mol. The molecule has 1 aromatic rings. The molecule has 0 aromatic carbocycles. The van der Waals surface area contributed by atoms with Crippen LogP contribution in [0.15, 0.2) is 41.8 Å². The Kier molecular flexibility index (Phi) is 5.56. The van der Waals surface area contributed by atoms with E-state index in [9.17, 15) is 0 Å². The number of nitrogens with zero attached hydrogens (tertiary/aromatic N) is 1. The first-order chi connectivity index (χ1) is 6.83. The lowest BCUT2D eigenvalue weighted by Gasteiger charge is -2.02. The van der Waals surface area contributed by atoms with Crippen molar-refractivity contribution in [2.24, 2.45) is 0 Å². The van der Waals surface area contributed by atoms with E-state index >= 15 is 0 Å². The first kappa shape index (κ1) is 11.5. The van der Waals surface area contributed by atoms with Crippen molar-refractivity contribution in [1.29, 1.82) is 0 Å². The molecule has 0 N–H and O–H groups in total. The molecule has 0 saturated carbocycles. The second-order valence-corrected chi connectivity index (χ2v) is 5.00. The minimum Gasteiger partial charge on any atom is -0.502 e. The van der Waals surface area contributed by atoms with Gasteiger partial charge in [0.15, 0.2) is 0 Å². The van der Waals surface area contributed by atoms with E-state index in [1.165, 1.54) is 0 Å². The zero-order chi connectivity index (χ0) is 10.2. The van der Waals surface area contributed by atoms with Crippen molar-refractivity contribution < 1.29 is 4.74 Å². The Morgan fingerprint density at radius 2 is 2.43 bits per heavy atom. The molecule has 0 radical (unpaired) electrons. The van der Waals surface area contributed by atoms with Gasteiger partial charge in [-0.1, -0.05) is 23.4 Å². The number of pyridine rings is 1. The molecule has 0 bridgehead atoms. The van der Waals surface area contributed by atoms with Gasteiger partial charge < -0.3 is 4.74 Å². The second kappa shape index (κ2) is 6.79. The number of hydrogen-bond acceptors (Lipinski definition) is 4. The number of hydrogen-bond donors (Lipinski definition) is 0. The van der Waals surface area contributed by atoms with Crippen molar-refractivity contribution in [3.8, 4) is 0 Å². The molecule has 0 spiro atoms. The van der Waals surface area contributed by atoms with E-state index in [0.717, 1.165) is 23.0 Å². The van der Waals surface area contributed by atoms with Crippen LogP contribution in [0.25, 0.3) is 0 Å². The van der Waals surface area contributed by atoms with E-state index in [1.54, 1.807) is 34.9 Å². The molecule has 14 heavy (non-hydrogen) atoms. The highest BCUT2D eigenvalue weighted by molar-refractivity contribution is 8.76. The monoisotopic (exact) mass is 227 g/mol. The summed E-state index contributed by atoms with van der Waals surface area (Å²) in [4.78, 5) is 4.20. The van der Waals surface area contributed by atoms with Gasteiger partial charge in [0.05, 0.1) is 12.9 Å². The molecule has 1 aromatic heterocycles. The molecule has 1 rings (SSSR count). The lowest BCUT2D eigenvalue weighted by Crippen LogP contribution is -1.85. The van der Waals surface area contributed by atoms with Gasteiger partial charge in [-0.15, -0.1) is 0 Å². The molecule has 1 heterocycles. The topological polar surface area (TPSA) is 22.1 Å². The maximum atomic E-state index is 4.97. The summed E-state index contributed by atoms with van der Waals surface area (Å²) in [5.74, 6) is 1.83. The molecule has 76 valence electrons. The van der Waals surface area contributed by atoms with Crippen LogP contribution in [-0.4, -0.2) is 17.8 Å². The minimum atomic E-state index is 0.833. The van der Waals surface area contributed by atoms with E-state index in [0.29, 0.717) is 0 Å². The van der Waals surface area contributed by atoms with E-state index in [4.69, 9.17) is 4.74 Å². The second-order valence-electron chi connectivity index (χ2n) is 2.57. The van der Waals surface area contributed by atoms with Crippen LogP contribution < -0.4 is 0 Å². The third-order valence-electron chi connectivity index (χ3n) is 1.53. The van der Waals surface area contributed by atoms with Crippen LogP contribution in [0.3, 0.4) is 0 Å². The average Bonchev–Trinajstić information content (AvgIpc) is 2.25. The van der Waals surface area contributed by atoms with Gasteiger partial charge in [-0.25, -0.2) is 4.98 Å². The van der Waals surface area contributed by atoms with Crippen molar-refractivity contribution in [1.82, 2.24) is 4.98 Å². The smallest absolute Gasteiger partial charge is 0.106 e. The average molecular weight is 227 g/mol. The third kappa shape index (κ3) is 4.58. The molecule has 0 aliphatic carbocycles. The molecule has 2 nitrogen and oxygen atoms in total. The largest absolute Gasteiger partial charge is 0.502 e. The molecule has 4 heteroatoms. The minimum absolute atomic E-state index is 0.833. The van der Waals surface area contributed by atoms with Gasteiger partial charge in [-0.2, -0.15) is 0 Å². The van der Waals surface area contributed by atoms with Crippen LogP contribution in [0.5, 0.6) is 0 Å².